The molecule has 0 spiro atoms. The van der Waals surface area contributed by atoms with E-state index < -0.39 is 7.11 Å². The normalized spacial score (nSPS) is 27.0. The lowest BCUT2D eigenvalue weighted by molar-refractivity contribution is -0.00886. The minimum atomic E-state index is -1.73. The van der Waals surface area contributed by atoms with Gasteiger partial charge in [0.2, 0.25) is 0 Å². The molecule has 2 unspecified atom stereocenters. The zero-order valence-electron chi connectivity index (χ0n) is 15.0. The molecule has 0 bridgehead atoms. The van der Waals surface area contributed by atoms with Crippen molar-refractivity contribution < 1.29 is 18.7 Å². The number of rotatable bonds is 10. The Morgan fingerprint density at radius 2 is 2.08 bits per heavy atom. The lowest BCUT2D eigenvalue weighted by Gasteiger charge is -2.29. The second kappa shape index (κ2) is 11.1. The third kappa shape index (κ3) is 7.69. The van der Waals surface area contributed by atoms with Crippen molar-refractivity contribution in [1.29, 1.82) is 0 Å². The monoisotopic (exact) mass is 395 g/mol. The van der Waals surface area contributed by atoms with E-state index in [4.69, 9.17) is 31.0 Å². The maximum Gasteiger partial charge on any atom is 0.257 e. The highest BCUT2D eigenvalue weighted by atomic mass is 32.1. The van der Waals surface area contributed by atoms with Crippen LogP contribution in [0.2, 0.25) is 0 Å². The van der Waals surface area contributed by atoms with Crippen LogP contribution >= 0.6 is 28.4 Å². The SMILES string of the molecule is C=P(C)(C)O[C@@H]1C(OC(=S)NCCNCC)[C@H]([B]P)O[C@@H]1COC. The van der Waals surface area contributed by atoms with E-state index in [0.29, 0.717) is 18.3 Å². The minimum absolute atomic E-state index is 0.215. The third-order valence-corrected chi connectivity index (χ3v) is 4.77. The highest BCUT2D eigenvalue weighted by Crippen LogP contribution is 2.43. The minimum Gasteiger partial charge on any atom is -0.463 e. The molecule has 1 fully saturated rings. The first-order valence-corrected chi connectivity index (χ1v) is 11.9. The smallest absolute Gasteiger partial charge is 0.257 e. The Labute approximate surface area is 154 Å². The molecule has 6 nitrogen and oxygen atoms in total. The number of hydrogen-bond acceptors (Lipinski definition) is 6. The first-order valence-electron chi connectivity index (χ1n) is 8.03. The van der Waals surface area contributed by atoms with Gasteiger partial charge in [-0.05, 0) is 39.2 Å². The van der Waals surface area contributed by atoms with Crippen LogP contribution in [0, 0.1) is 0 Å². The molecule has 1 aliphatic rings. The highest BCUT2D eigenvalue weighted by molar-refractivity contribution is 7.80. The molecule has 0 aliphatic carbocycles. The molecule has 0 saturated carbocycles. The Morgan fingerprint density at radius 1 is 1.38 bits per heavy atom. The first kappa shape index (κ1) is 22.4. The molecule has 10 heteroatoms. The molecule has 5 atom stereocenters. The van der Waals surface area contributed by atoms with Crippen molar-refractivity contribution in [1.82, 2.24) is 10.6 Å². The maximum absolute atomic E-state index is 6.19. The number of likely N-dealkylation sites (N-methyl/N-ethyl adjacent to an activating group) is 1. The van der Waals surface area contributed by atoms with Crippen LogP contribution in [0.15, 0.2) is 0 Å². The van der Waals surface area contributed by atoms with Crippen LogP contribution in [0.5, 0.6) is 0 Å². The Morgan fingerprint density at radius 3 is 2.62 bits per heavy atom. The quantitative estimate of drug-likeness (QED) is 0.245. The fraction of sp³-hybridized carbons (Fsp3) is 0.857. The molecule has 24 heavy (non-hydrogen) atoms. The van der Waals surface area contributed by atoms with Gasteiger partial charge in [0.05, 0.1) is 12.6 Å². The van der Waals surface area contributed by atoms with E-state index in [-0.39, 0.29) is 24.3 Å². The lowest BCUT2D eigenvalue weighted by Crippen LogP contribution is -2.43. The van der Waals surface area contributed by atoms with Crippen molar-refractivity contribution in [2.24, 2.45) is 0 Å². The fourth-order valence-corrected chi connectivity index (χ4v) is 3.83. The van der Waals surface area contributed by atoms with Gasteiger partial charge in [-0.2, -0.15) is 9.12 Å². The molecule has 1 saturated heterocycles. The molecular weight excluding hydrogens is 365 g/mol. The summed E-state index contributed by atoms with van der Waals surface area (Å²) in [4.78, 5) is 0. The summed E-state index contributed by atoms with van der Waals surface area (Å²) in [6.07, 6.45) is 3.30. The summed E-state index contributed by atoms with van der Waals surface area (Å²) in [6, 6.07) is -0.236. The molecule has 139 valence electrons. The van der Waals surface area contributed by atoms with Gasteiger partial charge in [-0.25, -0.2) is 0 Å². The summed E-state index contributed by atoms with van der Waals surface area (Å²) < 4.78 is 23.4. The van der Waals surface area contributed by atoms with Crippen molar-refractivity contribution >= 4 is 46.9 Å². The van der Waals surface area contributed by atoms with Crippen LogP contribution in [0.4, 0.5) is 0 Å². The van der Waals surface area contributed by atoms with E-state index in [2.05, 4.69) is 33.0 Å². The lowest BCUT2D eigenvalue weighted by atomic mass is 9.91. The largest absolute Gasteiger partial charge is 0.463 e. The third-order valence-electron chi connectivity index (χ3n) is 3.34. The topological polar surface area (TPSA) is 61.0 Å². The van der Waals surface area contributed by atoms with E-state index in [1.807, 2.05) is 20.3 Å². The average molecular weight is 395 g/mol. The predicted molar refractivity (Wildman–Crippen MR) is 111 cm³/mol. The standard InChI is InChI=1S/C14H30BN2O4P2S/c1-6-16-7-8-17-14(24)20-12-11(21-23(3,4)5)10(9-18-2)19-13(12)15-22/h10-13,16H,3,6-9,22H2,1-2,4-5H3,(H,17,24)/t10-,11+,12?,13-/m1/s1. The Hall–Kier alpha value is 0.325. The molecular formula is C14H30BN2O4P2S. The second-order valence-electron chi connectivity index (χ2n) is 6.08. The summed E-state index contributed by atoms with van der Waals surface area (Å²) >= 11 is 5.31. The molecule has 1 heterocycles. The molecule has 1 rings (SSSR count). The summed E-state index contributed by atoms with van der Waals surface area (Å²) in [5.41, 5.74) is 0. The summed E-state index contributed by atoms with van der Waals surface area (Å²) in [6.45, 7) is 10.8. The predicted octanol–water partition coefficient (Wildman–Crippen LogP) is 0.731. The maximum atomic E-state index is 6.19. The Kier molecular flexibility index (Phi) is 10.4. The highest BCUT2D eigenvalue weighted by Gasteiger charge is 2.47. The van der Waals surface area contributed by atoms with E-state index in [1.54, 1.807) is 7.11 Å². The average Bonchev–Trinajstić information content (AvgIpc) is 2.80. The van der Waals surface area contributed by atoms with Crippen molar-refractivity contribution in [3.05, 3.63) is 0 Å². The first-order chi connectivity index (χ1) is 11.3. The van der Waals surface area contributed by atoms with Crippen molar-refractivity contribution in [3.63, 3.8) is 0 Å². The van der Waals surface area contributed by atoms with Gasteiger partial charge < -0.3 is 29.4 Å². The second-order valence-corrected chi connectivity index (χ2v) is 10.2. The molecule has 0 amide bonds. The molecule has 0 aromatic carbocycles. The zero-order chi connectivity index (χ0) is 18.2. The van der Waals surface area contributed by atoms with Gasteiger partial charge in [0.15, 0.2) is 7.00 Å². The van der Waals surface area contributed by atoms with Crippen molar-refractivity contribution in [2.75, 3.05) is 46.7 Å². The van der Waals surface area contributed by atoms with Crippen molar-refractivity contribution in [2.45, 2.75) is 31.2 Å². The van der Waals surface area contributed by atoms with E-state index in [1.165, 1.54) is 0 Å². The summed E-state index contributed by atoms with van der Waals surface area (Å²) in [5.74, 6) is 0. The van der Waals surface area contributed by atoms with E-state index in [0.717, 1.165) is 13.1 Å². The number of methoxy groups -OCH3 is 1. The number of nitrogens with one attached hydrogen (secondary N) is 2. The number of ether oxygens (including phenoxy) is 3. The van der Waals surface area contributed by atoms with Gasteiger partial charge in [-0.1, -0.05) is 13.2 Å². The number of thiocarbonyl (C=S) groups is 1. The molecule has 0 aromatic heterocycles. The van der Waals surface area contributed by atoms with Crippen LogP contribution in [0.1, 0.15) is 6.92 Å². The fourth-order valence-electron chi connectivity index (χ4n) is 2.39. The Bertz CT molecular complexity index is 441. The molecule has 2 N–H and O–H groups in total. The van der Waals surface area contributed by atoms with Gasteiger partial charge in [0, 0.05) is 20.2 Å². The van der Waals surface area contributed by atoms with E-state index in [9.17, 15) is 0 Å². The van der Waals surface area contributed by atoms with Gasteiger partial charge in [0.1, 0.15) is 18.3 Å². The summed E-state index contributed by atoms with van der Waals surface area (Å²) in [7, 11) is 2.48. The van der Waals surface area contributed by atoms with Crippen LogP contribution in [0.3, 0.4) is 0 Å². The number of hydrogen-bond donors (Lipinski definition) is 2. The van der Waals surface area contributed by atoms with Crippen LogP contribution in [-0.2, 0) is 18.7 Å². The Balaban J connectivity index is 2.73. The summed E-state index contributed by atoms with van der Waals surface area (Å²) in [5, 5.41) is 6.67. The zero-order valence-corrected chi connectivity index (χ0v) is 17.9. The molecule has 1 aliphatic heterocycles. The van der Waals surface area contributed by atoms with Gasteiger partial charge in [0.25, 0.3) is 5.17 Å². The van der Waals surface area contributed by atoms with Gasteiger partial charge in [-0.3, -0.25) is 0 Å². The van der Waals surface area contributed by atoms with Crippen molar-refractivity contribution in [3.8, 4) is 0 Å². The molecule has 0 aromatic rings. The van der Waals surface area contributed by atoms with E-state index >= 15 is 0 Å². The van der Waals surface area contributed by atoms with Crippen LogP contribution in [-0.4, -0.2) is 89.5 Å². The van der Waals surface area contributed by atoms with Crippen LogP contribution in [0.25, 0.3) is 0 Å². The van der Waals surface area contributed by atoms with Crippen LogP contribution < -0.4 is 10.6 Å². The van der Waals surface area contributed by atoms with Gasteiger partial charge >= 0.3 is 0 Å². The molecule has 1 radical (unpaired) electrons. The van der Waals surface area contributed by atoms with Gasteiger partial charge in [-0.15, -0.1) is 0 Å².